The lowest BCUT2D eigenvalue weighted by atomic mass is 10.1. The third-order valence-electron chi connectivity index (χ3n) is 2.22. The first-order valence-electron chi connectivity index (χ1n) is 5.09. The van der Waals surface area contributed by atoms with E-state index in [0.29, 0.717) is 5.92 Å². The molecule has 82 valence electrons. The largest absolute Gasteiger partial charge is 0.444 e. The molecule has 1 saturated heterocycles. The van der Waals surface area contributed by atoms with Gasteiger partial charge in [-0.1, -0.05) is 6.92 Å². The standard InChI is InChI=1S/C10H20N2O2/c1-7-5-11-6-8(7)12-9(13)14-10(2,3)4/h7-8,11H,5-6H2,1-4H3,(H,12,13)/t7-,8+/m1/s1. The van der Waals surface area contributed by atoms with Crippen LogP contribution in [0.3, 0.4) is 0 Å². The van der Waals surface area contributed by atoms with E-state index in [0.717, 1.165) is 13.1 Å². The predicted molar refractivity (Wildman–Crippen MR) is 55.2 cm³/mol. The van der Waals surface area contributed by atoms with Crippen molar-refractivity contribution >= 4 is 6.09 Å². The second-order valence-electron chi connectivity index (χ2n) is 4.89. The SMILES string of the molecule is C[C@@H]1CNC[C@@H]1NC(=O)OC(C)(C)C. The molecule has 0 spiro atoms. The number of hydrogen-bond acceptors (Lipinski definition) is 3. The Balaban J connectivity index is 2.33. The maximum Gasteiger partial charge on any atom is 0.407 e. The van der Waals surface area contributed by atoms with Crippen LogP contribution in [0.2, 0.25) is 0 Å². The van der Waals surface area contributed by atoms with Crippen LogP contribution in [0.5, 0.6) is 0 Å². The fourth-order valence-corrected chi connectivity index (χ4v) is 1.46. The van der Waals surface area contributed by atoms with Crippen LogP contribution >= 0.6 is 0 Å². The summed E-state index contributed by atoms with van der Waals surface area (Å²) < 4.78 is 5.17. The van der Waals surface area contributed by atoms with Gasteiger partial charge in [0.05, 0.1) is 0 Å². The Bertz CT molecular complexity index is 211. The van der Waals surface area contributed by atoms with E-state index in [-0.39, 0.29) is 12.1 Å². The lowest BCUT2D eigenvalue weighted by Gasteiger charge is -2.22. The van der Waals surface area contributed by atoms with Gasteiger partial charge in [-0.2, -0.15) is 0 Å². The minimum atomic E-state index is -0.417. The number of hydrogen-bond donors (Lipinski definition) is 2. The van der Waals surface area contributed by atoms with Crippen LogP contribution in [0, 0.1) is 5.92 Å². The van der Waals surface area contributed by atoms with Gasteiger partial charge in [0.15, 0.2) is 0 Å². The number of nitrogens with one attached hydrogen (secondary N) is 2. The Labute approximate surface area is 85.4 Å². The molecule has 0 aromatic rings. The molecule has 1 rings (SSSR count). The van der Waals surface area contributed by atoms with Gasteiger partial charge in [-0.25, -0.2) is 4.79 Å². The molecule has 0 aliphatic carbocycles. The number of alkyl carbamates (subject to hydrolysis) is 1. The van der Waals surface area contributed by atoms with Crippen LogP contribution < -0.4 is 10.6 Å². The molecule has 0 radical (unpaired) electrons. The summed E-state index contributed by atoms with van der Waals surface area (Å²) in [5.74, 6) is 0.475. The first kappa shape index (κ1) is 11.3. The molecule has 0 unspecified atom stereocenters. The molecule has 1 aliphatic heterocycles. The molecule has 2 N–H and O–H groups in total. The van der Waals surface area contributed by atoms with Crippen molar-refractivity contribution in [3.05, 3.63) is 0 Å². The quantitative estimate of drug-likeness (QED) is 0.667. The summed E-state index contributed by atoms with van der Waals surface area (Å²) in [6.07, 6.45) is -0.321. The minimum Gasteiger partial charge on any atom is -0.444 e. The van der Waals surface area contributed by atoms with E-state index in [1.807, 2.05) is 20.8 Å². The van der Waals surface area contributed by atoms with Gasteiger partial charge in [0.2, 0.25) is 0 Å². The van der Waals surface area contributed by atoms with Crippen LogP contribution in [0.1, 0.15) is 27.7 Å². The summed E-state index contributed by atoms with van der Waals surface area (Å²) in [4.78, 5) is 11.4. The van der Waals surface area contributed by atoms with Crippen molar-refractivity contribution in [2.75, 3.05) is 13.1 Å². The first-order valence-corrected chi connectivity index (χ1v) is 5.09. The second-order valence-corrected chi connectivity index (χ2v) is 4.89. The highest BCUT2D eigenvalue weighted by atomic mass is 16.6. The highest BCUT2D eigenvalue weighted by Gasteiger charge is 2.26. The van der Waals surface area contributed by atoms with E-state index >= 15 is 0 Å². The molecule has 1 aliphatic rings. The smallest absolute Gasteiger partial charge is 0.407 e. The number of ether oxygens (including phenoxy) is 1. The van der Waals surface area contributed by atoms with Crippen molar-refractivity contribution in [3.63, 3.8) is 0 Å². The second kappa shape index (κ2) is 4.17. The minimum absolute atomic E-state index is 0.199. The number of carbonyl (C=O) groups is 1. The van der Waals surface area contributed by atoms with Crippen molar-refractivity contribution in [1.82, 2.24) is 10.6 Å². The van der Waals surface area contributed by atoms with Crippen LogP contribution in [0.15, 0.2) is 0 Å². The van der Waals surface area contributed by atoms with Crippen molar-refractivity contribution in [2.45, 2.75) is 39.3 Å². The number of carbonyl (C=O) groups excluding carboxylic acids is 1. The maximum atomic E-state index is 11.4. The molecule has 14 heavy (non-hydrogen) atoms. The Morgan fingerprint density at radius 3 is 2.50 bits per heavy atom. The number of amides is 1. The van der Waals surface area contributed by atoms with E-state index in [1.165, 1.54) is 0 Å². The Kier molecular flexibility index (Phi) is 3.37. The van der Waals surface area contributed by atoms with Gasteiger partial charge in [-0.15, -0.1) is 0 Å². The van der Waals surface area contributed by atoms with Crippen molar-refractivity contribution < 1.29 is 9.53 Å². The van der Waals surface area contributed by atoms with Crippen LogP contribution in [-0.2, 0) is 4.74 Å². The van der Waals surface area contributed by atoms with Gasteiger partial charge >= 0.3 is 6.09 Å². The fourth-order valence-electron chi connectivity index (χ4n) is 1.46. The highest BCUT2D eigenvalue weighted by molar-refractivity contribution is 5.68. The van der Waals surface area contributed by atoms with Crippen LogP contribution in [-0.4, -0.2) is 30.8 Å². The molecule has 0 bridgehead atoms. The molecule has 4 heteroatoms. The zero-order chi connectivity index (χ0) is 10.8. The summed E-state index contributed by atoms with van der Waals surface area (Å²) >= 11 is 0. The molecule has 1 amide bonds. The predicted octanol–water partition coefficient (Wildman–Crippen LogP) is 1.12. The summed E-state index contributed by atoms with van der Waals surface area (Å²) in [5, 5.41) is 6.08. The van der Waals surface area contributed by atoms with Gasteiger partial charge in [0, 0.05) is 12.6 Å². The van der Waals surface area contributed by atoms with Gasteiger partial charge in [-0.05, 0) is 33.2 Å². The van der Waals surface area contributed by atoms with Gasteiger partial charge in [0.25, 0.3) is 0 Å². The zero-order valence-corrected chi connectivity index (χ0v) is 9.39. The van der Waals surface area contributed by atoms with E-state index in [1.54, 1.807) is 0 Å². The average Bonchev–Trinajstić information content (AvgIpc) is 2.32. The van der Waals surface area contributed by atoms with Gasteiger partial charge < -0.3 is 15.4 Å². The normalized spacial score (nSPS) is 27.4. The third kappa shape index (κ3) is 3.54. The van der Waals surface area contributed by atoms with E-state index < -0.39 is 5.60 Å². The first-order chi connectivity index (χ1) is 6.38. The van der Waals surface area contributed by atoms with Crippen LogP contribution in [0.4, 0.5) is 4.79 Å². The van der Waals surface area contributed by atoms with Crippen molar-refractivity contribution in [3.8, 4) is 0 Å². The van der Waals surface area contributed by atoms with Gasteiger partial charge in [0.1, 0.15) is 5.60 Å². The molecule has 4 nitrogen and oxygen atoms in total. The Morgan fingerprint density at radius 2 is 2.07 bits per heavy atom. The lowest BCUT2D eigenvalue weighted by Crippen LogP contribution is -2.42. The summed E-state index contributed by atoms with van der Waals surface area (Å²) in [7, 11) is 0. The molecule has 2 atom stereocenters. The lowest BCUT2D eigenvalue weighted by molar-refractivity contribution is 0.0499. The summed E-state index contributed by atoms with van der Waals surface area (Å²) in [6, 6.07) is 0.199. The fraction of sp³-hybridized carbons (Fsp3) is 0.900. The molecular weight excluding hydrogens is 180 g/mol. The third-order valence-corrected chi connectivity index (χ3v) is 2.22. The van der Waals surface area contributed by atoms with E-state index in [4.69, 9.17) is 4.74 Å². The highest BCUT2D eigenvalue weighted by Crippen LogP contribution is 2.10. The Morgan fingerprint density at radius 1 is 1.43 bits per heavy atom. The molecule has 1 heterocycles. The molecule has 0 aromatic carbocycles. The molecule has 0 saturated carbocycles. The van der Waals surface area contributed by atoms with E-state index in [2.05, 4.69) is 17.6 Å². The summed E-state index contributed by atoms with van der Waals surface area (Å²) in [6.45, 7) is 9.50. The summed E-state index contributed by atoms with van der Waals surface area (Å²) in [5.41, 5.74) is -0.417. The van der Waals surface area contributed by atoms with Gasteiger partial charge in [-0.3, -0.25) is 0 Å². The Hall–Kier alpha value is -0.770. The monoisotopic (exact) mass is 200 g/mol. The van der Waals surface area contributed by atoms with Crippen molar-refractivity contribution in [1.29, 1.82) is 0 Å². The topological polar surface area (TPSA) is 50.4 Å². The van der Waals surface area contributed by atoms with E-state index in [9.17, 15) is 4.79 Å². The molecular formula is C10H20N2O2. The molecule has 0 aromatic heterocycles. The number of rotatable bonds is 1. The average molecular weight is 200 g/mol. The molecule has 1 fully saturated rings. The van der Waals surface area contributed by atoms with Crippen LogP contribution in [0.25, 0.3) is 0 Å². The zero-order valence-electron chi connectivity index (χ0n) is 9.39. The van der Waals surface area contributed by atoms with Crippen molar-refractivity contribution in [2.24, 2.45) is 5.92 Å². The maximum absolute atomic E-state index is 11.4.